The van der Waals surface area contributed by atoms with Gasteiger partial charge in [-0.25, -0.2) is 9.78 Å². The number of halogens is 3. The maximum absolute atomic E-state index is 12.5. The van der Waals surface area contributed by atoms with Crippen molar-refractivity contribution in [3.05, 3.63) is 59.3 Å². The van der Waals surface area contributed by atoms with E-state index in [1.165, 1.54) is 18.3 Å². The predicted octanol–water partition coefficient (Wildman–Crippen LogP) is 4.72. The lowest BCUT2D eigenvalue weighted by molar-refractivity contribution is -0.137. The number of aryl methyl sites for hydroxylation is 2. The number of benzene rings is 1. The minimum absolute atomic E-state index is 0.0303. The largest absolute Gasteiger partial charge is 0.512 e. The van der Waals surface area contributed by atoms with Crippen LogP contribution in [0.4, 0.5) is 18.0 Å². The van der Waals surface area contributed by atoms with Crippen LogP contribution in [0.3, 0.4) is 0 Å². The Hall–Kier alpha value is -2.57. The monoisotopic (exact) mass is 339 g/mol. The van der Waals surface area contributed by atoms with E-state index in [4.69, 9.17) is 5.11 Å². The summed E-state index contributed by atoms with van der Waals surface area (Å²) in [7, 11) is 0. The van der Waals surface area contributed by atoms with E-state index in [1.807, 2.05) is 0 Å². The number of hydrogen-bond donors (Lipinski definition) is 1. The average Bonchev–Trinajstić information content (AvgIpc) is 2.51. The lowest BCUT2D eigenvalue weighted by Crippen LogP contribution is -2.05. The van der Waals surface area contributed by atoms with Gasteiger partial charge in [-0.05, 0) is 55.0 Å². The second kappa shape index (κ2) is 7.81. The van der Waals surface area contributed by atoms with Gasteiger partial charge in [0, 0.05) is 12.3 Å². The van der Waals surface area contributed by atoms with Crippen molar-refractivity contribution >= 4 is 6.16 Å². The highest BCUT2D eigenvalue weighted by Crippen LogP contribution is 2.29. The number of aromatic nitrogens is 1. The molecule has 0 saturated heterocycles. The van der Waals surface area contributed by atoms with Crippen LogP contribution in [0.5, 0.6) is 5.88 Å². The zero-order valence-corrected chi connectivity index (χ0v) is 12.7. The van der Waals surface area contributed by atoms with Crippen LogP contribution in [0.2, 0.25) is 0 Å². The molecule has 0 aliphatic heterocycles. The Morgan fingerprint density at radius 1 is 1.04 bits per heavy atom. The van der Waals surface area contributed by atoms with E-state index in [-0.39, 0.29) is 5.88 Å². The van der Waals surface area contributed by atoms with Crippen LogP contribution < -0.4 is 4.74 Å². The quantitative estimate of drug-likeness (QED) is 0.611. The molecule has 0 aliphatic carbocycles. The number of hydrogen-bond acceptors (Lipinski definition) is 3. The van der Waals surface area contributed by atoms with Crippen LogP contribution in [-0.2, 0) is 19.0 Å². The van der Waals surface area contributed by atoms with Gasteiger partial charge in [0.2, 0.25) is 5.88 Å². The minimum Gasteiger partial charge on any atom is -0.449 e. The van der Waals surface area contributed by atoms with Gasteiger partial charge in [0.15, 0.2) is 0 Å². The number of carboxylic acid groups (broad SMARTS) is 1. The second-order valence-electron chi connectivity index (χ2n) is 5.27. The molecule has 0 fully saturated rings. The Bertz CT molecular complexity index is 684. The fourth-order valence-corrected chi connectivity index (χ4v) is 2.27. The third-order valence-electron chi connectivity index (χ3n) is 3.45. The first-order chi connectivity index (χ1) is 11.3. The van der Waals surface area contributed by atoms with Crippen molar-refractivity contribution in [2.75, 3.05) is 0 Å². The highest BCUT2D eigenvalue weighted by atomic mass is 19.4. The molecule has 0 bridgehead atoms. The van der Waals surface area contributed by atoms with Gasteiger partial charge in [0.05, 0.1) is 5.56 Å². The Morgan fingerprint density at radius 3 is 2.25 bits per heavy atom. The molecular formula is C17H16F3NO3. The number of alkyl halides is 3. The third kappa shape index (κ3) is 5.57. The van der Waals surface area contributed by atoms with E-state index in [9.17, 15) is 18.0 Å². The van der Waals surface area contributed by atoms with Crippen molar-refractivity contribution in [2.45, 2.75) is 31.9 Å². The molecule has 1 aromatic carbocycles. The molecule has 24 heavy (non-hydrogen) atoms. The van der Waals surface area contributed by atoms with Crippen LogP contribution in [0.25, 0.3) is 0 Å². The SMILES string of the molecule is O=C(O)Oc1cc(CCCCc2ccc(C(F)(F)F)cc2)ccn1. The molecule has 1 heterocycles. The van der Waals surface area contributed by atoms with E-state index in [0.717, 1.165) is 36.1 Å². The van der Waals surface area contributed by atoms with Gasteiger partial charge in [-0.2, -0.15) is 13.2 Å². The average molecular weight is 339 g/mol. The van der Waals surface area contributed by atoms with E-state index in [0.29, 0.717) is 12.8 Å². The topological polar surface area (TPSA) is 59.4 Å². The molecule has 0 spiro atoms. The highest BCUT2D eigenvalue weighted by Gasteiger charge is 2.29. The molecule has 0 unspecified atom stereocenters. The third-order valence-corrected chi connectivity index (χ3v) is 3.45. The molecule has 7 heteroatoms. The van der Waals surface area contributed by atoms with Crippen molar-refractivity contribution in [3.8, 4) is 5.88 Å². The van der Waals surface area contributed by atoms with Gasteiger partial charge in [0.1, 0.15) is 0 Å². The summed E-state index contributed by atoms with van der Waals surface area (Å²) in [6, 6.07) is 8.50. The van der Waals surface area contributed by atoms with Crippen molar-refractivity contribution in [3.63, 3.8) is 0 Å². The summed E-state index contributed by atoms with van der Waals surface area (Å²) >= 11 is 0. The smallest absolute Gasteiger partial charge is 0.449 e. The molecule has 2 aromatic rings. The number of ether oxygens (including phenoxy) is 1. The summed E-state index contributed by atoms with van der Waals surface area (Å²) < 4.78 is 41.9. The maximum Gasteiger partial charge on any atom is 0.512 e. The summed E-state index contributed by atoms with van der Waals surface area (Å²) in [5, 5.41) is 8.54. The molecule has 0 saturated carbocycles. The van der Waals surface area contributed by atoms with Crippen LogP contribution in [0.15, 0.2) is 42.6 Å². The number of pyridine rings is 1. The fraction of sp³-hybridized carbons (Fsp3) is 0.294. The van der Waals surface area contributed by atoms with Crippen molar-refractivity contribution < 1.29 is 27.8 Å². The molecule has 0 aliphatic rings. The standard InChI is InChI=1S/C17H16F3NO3/c18-17(19,20)14-7-5-12(6-8-14)3-1-2-4-13-9-10-21-15(11-13)24-16(22)23/h5-11H,1-4H2,(H,22,23). The van der Waals surface area contributed by atoms with Gasteiger partial charge in [-0.1, -0.05) is 12.1 Å². The van der Waals surface area contributed by atoms with Crippen LogP contribution in [0, 0.1) is 0 Å². The van der Waals surface area contributed by atoms with Gasteiger partial charge in [0.25, 0.3) is 0 Å². The molecule has 1 N–H and O–H groups in total. The van der Waals surface area contributed by atoms with Gasteiger partial charge < -0.3 is 9.84 Å². The molecule has 0 radical (unpaired) electrons. The Morgan fingerprint density at radius 2 is 1.67 bits per heavy atom. The first-order valence-corrected chi connectivity index (χ1v) is 7.36. The lowest BCUT2D eigenvalue weighted by Gasteiger charge is -2.08. The van der Waals surface area contributed by atoms with E-state index in [2.05, 4.69) is 9.72 Å². The molecule has 1 aromatic heterocycles. The normalized spacial score (nSPS) is 11.3. The number of unbranched alkanes of at least 4 members (excludes halogenated alkanes) is 1. The second-order valence-corrected chi connectivity index (χ2v) is 5.27. The number of carbonyl (C=O) groups is 1. The molecule has 4 nitrogen and oxygen atoms in total. The van der Waals surface area contributed by atoms with Crippen molar-refractivity contribution in [1.82, 2.24) is 4.98 Å². The van der Waals surface area contributed by atoms with Crippen LogP contribution in [0.1, 0.15) is 29.5 Å². The van der Waals surface area contributed by atoms with Crippen molar-refractivity contribution in [1.29, 1.82) is 0 Å². The fourth-order valence-electron chi connectivity index (χ4n) is 2.27. The van der Waals surface area contributed by atoms with Gasteiger partial charge in [-0.15, -0.1) is 0 Å². The highest BCUT2D eigenvalue weighted by molar-refractivity contribution is 5.60. The lowest BCUT2D eigenvalue weighted by atomic mass is 10.0. The minimum atomic E-state index is -4.31. The zero-order chi connectivity index (χ0) is 17.6. The maximum atomic E-state index is 12.5. The summed E-state index contributed by atoms with van der Waals surface area (Å²) in [4.78, 5) is 14.2. The zero-order valence-electron chi connectivity index (χ0n) is 12.7. The van der Waals surface area contributed by atoms with E-state index < -0.39 is 17.9 Å². The Balaban J connectivity index is 1.79. The predicted molar refractivity (Wildman–Crippen MR) is 81.0 cm³/mol. The molecule has 0 atom stereocenters. The summed E-state index contributed by atoms with van der Waals surface area (Å²) in [6.07, 6.45) is -1.23. The first-order valence-electron chi connectivity index (χ1n) is 7.36. The molecule has 128 valence electrons. The summed E-state index contributed by atoms with van der Waals surface area (Å²) in [6.45, 7) is 0. The van der Waals surface area contributed by atoms with Crippen molar-refractivity contribution in [2.24, 2.45) is 0 Å². The van der Waals surface area contributed by atoms with Crippen LogP contribution >= 0.6 is 0 Å². The molecule has 2 rings (SSSR count). The number of rotatable bonds is 6. The molecule has 0 amide bonds. The van der Waals surface area contributed by atoms with E-state index >= 15 is 0 Å². The van der Waals surface area contributed by atoms with Gasteiger partial charge in [-0.3, -0.25) is 0 Å². The Labute approximate surface area is 136 Å². The number of nitrogens with zero attached hydrogens (tertiary/aromatic N) is 1. The summed E-state index contributed by atoms with van der Waals surface area (Å²) in [5.74, 6) is 0.0303. The van der Waals surface area contributed by atoms with E-state index in [1.54, 1.807) is 12.1 Å². The Kier molecular flexibility index (Phi) is 5.78. The molecular weight excluding hydrogens is 323 g/mol. The van der Waals surface area contributed by atoms with Gasteiger partial charge >= 0.3 is 12.3 Å². The first kappa shape index (κ1) is 17.8. The van der Waals surface area contributed by atoms with Crippen LogP contribution in [-0.4, -0.2) is 16.2 Å². The summed E-state index contributed by atoms with van der Waals surface area (Å²) in [5.41, 5.74) is 1.11.